The zero-order chi connectivity index (χ0) is 14.3. The molecule has 0 amide bonds. The molecule has 1 aromatic rings. The Bertz CT molecular complexity index is 453. The Morgan fingerprint density at radius 3 is 2.53 bits per heavy atom. The first-order chi connectivity index (χ1) is 8.95. The molecule has 19 heavy (non-hydrogen) atoms. The summed E-state index contributed by atoms with van der Waals surface area (Å²) in [7, 11) is 0. The van der Waals surface area contributed by atoms with Crippen LogP contribution in [0.25, 0.3) is 6.08 Å². The van der Waals surface area contributed by atoms with Crippen LogP contribution in [0.1, 0.15) is 31.9 Å². The molecular weight excluding hydrogens is 236 g/mol. The van der Waals surface area contributed by atoms with Gasteiger partial charge in [0.1, 0.15) is 0 Å². The van der Waals surface area contributed by atoms with E-state index in [-0.39, 0.29) is 5.92 Å². The van der Waals surface area contributed by atoms with E-state index in [9.17, 15) is 5.11 Å². The van der Waals surface area contributed by atoms with Crippen molar-refractivity contribution < 1.29 is 5.11 Å². The molecule has 1 rings (SSSR count). The van der Waals surface area contributed by atoms with Crippen LogP contribution in [0.3, 0.4) is 0 Å². The predicted octanol–water partition coefficient (Wildman–Crippen LogP) is 2.57. The maximum Gasteiger partial charge on any atom is 0.0991 e. The second-order valence-electron chi connectivity index (χ2n) is 5.28. The molecule has 0 radical (unpaired) electrons. The van der Waals surface area contributed by atoms with Gasteiger partial charge >= 0.3 is 0 Å². The molecule has 1 atom stereocenters. The van der Waals surface area contributed by atoms with Gasteiger partial charge < -0.3 is 10.4 Å². The average molecular weight is 258 g/mol. The van der Waals surface area contributed by atoms with Crippen LogP contribution in [0.4, 0.5) is 0 Å². The highest BCUT2D eigenvalue weighted by molar-refractivity contribution is 5.51. The van der Waals surface area contributed by atoms with Crippen LogP contribution >= 0.6 is 0 Å². The van der Waals surface area contributed by atoms with Crippen LogP contribution in [0.2, 0.25) is 0 Å². The Balaban J connectivity index is 2.36. The molecular formula is C16H22N2O. The van der Waals surface area contributed by atoms with Crippen LogP contribution in [-0.4, -0.2) is 23.8 Å². The van der Waals surface area contributed by atoms with Gasteiger partial charge in [-0.15, -0.1) is 0 Å². The fourth-order valence-corrected chi connectivity index (χ4v) is 1.48. The minimum Gasteiger partial charge on any atom is -0.389 e. The summed E-state index contributed by atoms with van der Waals surface area (Å²) in [5.74, 6) is 0.225. The predicted molar refractivity (Wildman–Crippen MR) is 78.5 cm³/mol. The number of rotatable bonds is 6. The normalized spacial score (nSPS) is 14.5. The molecule has 102 valence electrons. The van der Waals surface area contributed by atoms with E-state index in [4.69, 9.17) is 5.26 Å². The molecule has 0 heterocycles. The van der Waals surface area contributed by atoms with E-state index < -0.39 is 5.60 Å². The molecule has 1 aromatic carbocycles. The first-order valence-corrected chi connectivity index (χ1v) is 6.55. The lowest BCUT2D eigenvalue weighted by Crippen LogP contribution is -2.42. The second-order valence-corrected chi connectivity index (χ2v) is 5.28. The Morgan fingerprint density at radius 2 is 2.00 bits per heavy atom. The van der Waals surface area contributed by atoms with Gasteiger partial charge in [-0.05, 0) is 30.5 Å². The van der Waals surface area contributed by atoms with Gasteiger partial charge in [0, 0.05) is 13.1 Å². The molecule has 0 spiro atoms. The van der Waals surface area contributed by atoms with Crippen LogP contribution in [0.5, 0.6) is 0 Å². The molecule has 2 N–H and O–H groups in total. The van der Waals surface area contributed by atoms with Gasteiger partial charge in [0.25, 0.3) is 0 Å². The number of nitrogens with zero attached hydrogens (tertiary/aromatic N) is 1. The van der Waals surface area contributed by atoms with Gasteiger partial charge in [-0.1, -0.05) is 38.1 Å². The monoisotopic (exact) mass is 258 g/mol. The number of hydrogen-bond acceptors (Lipinski definition) is 3. The third-order valence-electron chi connectivity index (χ3n) is 3.34. The summed E-state index contributed by atoms with van der Waals surface area (Å²) in [6, 6.07) is 9.53. The second kappa shape index (κ2) is 7.08. The molecule has 3 nitrogen and oxygen atoms in total. The smallest absolute Gasteiger partial charge is 0.0991 e. The maximum atomic E-state index is 10.0. The quantitative estimate of drug-likeness (QED) is 0.771. The summed E-state index contributed by atoms with van der Waals surface area (Å²) in [4.78, 5) is 0. The SMILES string of the molecule is CC(C)C(C)(O)CNC/C=C/c1ccc(C#N)cc1. The Morgan fingerprint density at radius 1 is 1.37 bits per heavy atom. The highest BCUT2D eigenvalue weighted by Crippen LogP contribution is 2.14. The summed E-state index contributed by atoms with van der Waals surface area (Å²) in [5.41, 5.74) is 1.06. The minimum atomic E-state index is -0.678. The van der Waals surface area contributed by atoms with Crippen LogP contribution in [0.15, 0.2) is 30.3 Å². The lowest BCUT2D eigenvalue weighted by molar-refractivity contribution is 0.0151. The molecule has 0 aliphatic heterocycles. The zero-order valence-corrected chi connectivity index (χ0v) is 11.9. The van der Waals surface area contributed by atoms with E-state index in [0.717, 1.165) is 5.56 Å². The standard InChI is InChI=1S/C16H22N2O/c1-13(2)16(3,19)12-18-10-4-5-14-6-8-15(11-17)9-7-14/h4-9,13,18-19H,10,12H2,1-3H3/b5-4+. The van der Waals surface area contributed by atoms with Crippen molar-refractivity contribution >= 4 is 6.08 Å². The molecule has 0 aliphatic rings. The van der Waals surface area contributed by atoms with Crippen molar-refractivity contribution in [3.63, 3.8) is 0 Å². The Hall–Kier alpha value is -1.63. The van der Waals surface area contributed by atoms with Crippen molar-refractivity contribution in [2.75, 3.05) is 13.1 Å². The highest BCUT2D eigenvalue weighted by atomic mass is 16.3. The van der Waals surface area contributed by atoms with Gasteiger partial charge in [0.05, 0.1) is 17.2 Å². The van der Waals surface area contributed by atoms with Crippen LogP contribution in [-0.2, 0) is 0 Å². The lowest BCUT2D eigenvalue weighted by atomic mass is 9.93. The van der Waals surface area contributed by atoms with Crippen molar-refractivity contribution in [1.29, 1.82) is 5.26 Å². The summed E-state index contributed by atoms with van der Waals surface area (Å²) >= 11 is 0. The van der Waals surface area contributed by atoms with Crippen LogP contribution < -0.4 is 5.32 Å². The largest absolute Gasteiger partial charge is 0.389 e. The fourth-order valence-electron chi connectivity index (χ4n) is 1.48. The van der Waals surface area contributed by atoms with Crippen molar-refractivity contribution in [3.8, 4) is 6.07 Å². The van der Waals surface area contributed by atoms with Crippen molar-refractivity contribution in [1.82, 2.24) is 5.32 Å². The van der Waals surface area contributed by atoms with E-state index in [2.05, 4.69) is 11.4 Å². The summed E-state index contributed by atoms with van der Waals surface area (Å²) in [5, 5.41) is 22.0. The number of aliphatic hydroxyl groups is 1. The highest BCUT2D eigenvalue weighted by Gasteiger charge is 2.23. The lowest BCUT2D eigenvalue weighted by Gasteiger charge is -2.27. The molecule has 0 saturated heterocycles. The molecule has 0 fully saturated rings. The fraction of sp³-hybridized carbons (Fsp3) is 0.438. The summed E-state index contributed by atoms with van der Waals surface area (Å²) in [6.45, 7) is 7.14. The topological polar surface area (TPSA) is 56.0 Å². The molecule has 0 aliphatic carbocycles. The van der Waals surface area contributed by atoms with Gasteiger partial charge in [-0.2, -0.15) is 5.26 Å². The number of nitrogens with one attached hydrogen (secondary N) is 1. The van der Waals surface area contributed by atoms with E-state index in [1.807, 2.05) is 45.1 Å². The number of nitriles is 1. The van der Waals surface area contributed by atoms with E-state index in [1.165, 1.54) is 0 Å². The van der Waals surface area contributed by atoms with Gasteiger partial charge in [0.15, 0.2) is 0 Å². The third kappa shape index (κ3) is 5.25. The average Bonchev–Trinajstić information content (AvgIpc) is 2.38. The van der Waals surface area contributed by atoms with Crippen molar-refractivity contribution in [2.24, 2.45) is 5.92 Å². The molecule has 0 saturated carbocycles. The van der Waals surface area contributed by atoms with Gasteiger partial charge in [-0.25, -0.2) is 0 Å². The third-order valence-corrected chi connectivity index (χ3v) is 3.34. The van der Waals surface area contributed by atoms with Crippen LogP contribution in [0, 0.1) is 17.2 Å². The van der Waals surface area contributed by atoms with E-state index >= 15 is 0 Å². The molecule has 1 unspecified atom stereocenters. The van der Waals surface area contributed by atoms with Crippen molar-refractivity contribution in [3.05, 3.63) is 41.5 Å². The molecule has 0 aromatic heterocycles. The summed E-state index contributed by atoms with van der Waals surface area (Å²) < 4.78 is 0. The van der Waals surface area contributed by atoms with Gasteiger partial charge in [-0.3, -0.25) is 0 Å². The van der Waals surface area contributed by atoms with E-state index in [1.54, 1.807) is 12.1 Å². The molecule has 0 bridgehead atoms. The van der Waals surface area contributed by atoms with Gasteiger partial charge in [0.2, 0.25) is 0 Å². The minimum absolute atomic E-state index is 0.225. The number of benzene rings is 1. The molecule has 3 heteroatoms. The zero-order valence-electron chi connectivity index (χ0n) is 11.9. The first-order valence-electron chi connectivity index (χ1n) is 6.55. The first kappa shape index (κ1) is 15.4. The van der Waals surface area contributed by atoms with E-state index in [0.29, 0.717) is 18.7 Å². The summed E-state index contributed by atoms with van der Waals surface area (Å²) in [6.07, 6.45) is 4.01. The van der Waals surface area contributed by atoms with Crippen molar-refractivity contribution in [2.45, 2.75) is 26.4 Å². The number of hydrogen-bond donors (Lipinski definition) is 2. The Labute approximate surface area is 115 Å². The Kier molecular flexibility index (Phi) is 5.75. The maximum absolute atomic E-state index is 10.0.